The summed E-state index contributed by atoms with van der Waals surface area (Å²) in [6, 6.07) is 9.74. The van der Waals surface area contributed by atoms with Gasteiger partial charge in [0, 0.05) is 35.1 Å². The number of likely N-dealkylation sites (N-methyl/N-ethyl adjacent to an activating group) is 1. The molecule has 0 aliphatic heterocycles. The molecule has 31 heavy (non-hydrogen) atoms. The number of aromatic hydroxyl groups is 1. The van der Waals surface area contributed by atoms with E-state index in [1.165, 1.54) is 12.0 Å². The number of anilines is 1. The quantitative estimate of drug-likeness (QED) is 0.221. The van der Waals surface area contributed by atoms with Crippen molar-refractivity contribution < 1.29 is 14.1 Å². The maximum Gasteiger partial charge on any atom is 0.253 e. The van der Waals surface area contributed by atoms with Gasteiger partial charge in [-0.15, -0.1) is 14.1 Å². The van der Waals surface area contributed by atoms with E-state index >= 15 is 0 Å². The second-order valence-corrected chi connectivity index (χ2v) is 8.61. The molecule has 2 aromatic heterocycles. The van der Waals surface area contributed by atoms with Gasteiger partial charge in [0.25, 0.3) is 5.91 Å². The Bertz CT molecular complexity index is 1250. The first-order valence-electron chi connectivity index (χ1n) is 10.5. The zero-order chi connectivity index (χ0) is 22.3. The highest BCUT2D eigenvalue weighted by Gasteiger charge is 2.27. The van der Waals surface area contributed by atoms with Gasteiger partial charge in [-0.3, -0.25) is 4.79 Å². The van der Waals surface area contributed by atoms with Crippen LogP contribution in [0.3, 0.4) is 0 Å². The van der Waals surface area contributed by atoms with Gasteiger partial charge < -0.3 is 14.2 Å². The number of hydrogen-bond donors (Lipinski definition) is 1. The highest BCUT2D eigenvalue weighted by Crippen LogP contribution is 2.36. The minimum atomic E-state index is -0.143. The summed E-state index contributed by atoms with van der Waals surface area (Å²) in [7, 11) is 0. The van der Waals surface area contributed by atoms with Crippen LogP contribution in [0.2, 0.25) is 0 Å². The van der Waals surface area contributed by atoms with Crippen LogP contribution >= 0.6 is 12.0 Å². The number of benzene rings is 2. The molecule has 0 fully saturated rings. The summed E-state index contributed by atoms with van der Waals surface area (Å²) in [6.07, 6.45) is 2.16. The molecule has 0 unspecified atom stereocenters. The van der Waals surface area contributed by atoms with Gasteiger partial charge in [0.05, 0.1) is 12.3 Å². The number of carbonyl (C=O) groups is 1. The minimum Gasteiger partial charge on any atom is -0.506 e. The second-order valence-electron chi connectivity index (χ2n) is 7.73. The van der Waals surface area contributed by atoms with Gasteiger partial charge >= 0.3 is 0 Å². The number of amides is 1. The van der Waals surface area contributed by atoms with E-state index in [0.29, 0.717) is 23.5 Å². The number of carbonyl (C=O) groups excluding carboxylic acids is 1. The lowest BCUT2D eigenvalue weighted by Gasteiger charge is -2.23. The number of phenolic OH excluding ortho intramolecular Hbond substituents is 1. The molecular formula is C23H28N4O3S. The molecule has 0 atom stereocenters. The van der Waals surface area contributed by atoms with Crippen molar-refractivity contribution in [2.24, 2.45) is 0 Å². The van der Waals surface area contributed by atoms with E-state index in [1.54, 1.807) is 17.9 Å². The number of fused-ring (bicyclic) bond motifs is 4. The molecule has 2 heterocycles. The monoisotopic (exact) mass is 440 g/mol. The molecule has 0 radical (unpaired) electrons. The Hall–Kier alpha value is -2.84. The van der Waals surface area contributed by atoms with Crippen LogP contribution < -0.4 is 4.90 Å². The van der Waals surface area contributed by atoms with Crippen molar-refractivity contribution in [1.29, 1.82) is 0 Å². The summed E-state index contributed by atoms with van der Waals surface area (Å²) in [6.45, 7) is 12.7. The van der Waals surface area contributed by atoms with Gasteiger partial charge in [-0.2, -0.15) is 0 Å². The van der Waals surface area contributed by atoms with Crippen LogP contribution in [0.15, 0.2) is 47.4 Å². The van der Waals surface area contributed by atoms with Gasteiger partial charge in [0.1, 0.15) is 22.5 Å². The maximum atomic E-state index is 12.5. The first-order chi connectivity index (χ1) is 14.9. The molecule has 0 saturated heterocycles. The van der Waals surface area contributed by atoms with E-state index < -0.39 is 0 Å². The Balaban J connectivity index is 1.63. The number of hydrogen-bond acceptors (Lipinski definition) is 4. The van der Waals surface area contributed by atoms with E-state index in [0.717, 1.165) is 40.9 Å². The van der Waals surface area contributed by atoms with Crippen LogP contribution in [-0.4, -0.2) is 38.2 Å². The average Bonchev–Trinajstić information content (AvgIpc) is 3.40. The molecule has 0 saturated carbocycles. The lowest BCUT2D eigenvalue weighted by molar-refractivity contribution is -0.115. The maximum absolute atomic E-state index is 12.5. The third-order valence-electron chi connectivity index (χ3n) is 5.35. The topological polar surface area (TPSA) is 63.5 Å². The predicted octanol–water partition coefficient (Wildman–Crippen LogP) is 5.19. The molecule has 1 N–H and O–H groups in total. The van der Waals surface area contributed by atoms with Crippen LogP contribution in [0.25, 0.3) is 16.7 Å². The standard InChI is InChI=1S/C23H28N4O3S/c1-6-8-11-30-31-17-9-10-18-20(13-17)26-25(18)27(26)21-12-16(5)19(14-22(21)28)24(7-2)23(29)15(3)4/h9-10,12-14,28H,3,6-8,11H2,1-2,4-5H3. The molecule has 1 amide bonds. The Labute approximate surface area is 186 Å². The van der Waals surface area contributed by atoms with Crippen molar-refractivity contribution in [2.75, 3.05) is 18.1 Å². The van der Waals surface area contributed by atoms with E-state index in [9.17, 15) is 9.90 Å². The van der Waals surface area contributed by atoms with Crippen molar-refractivity contribution in [3.8, 4) is 11.4 Å². The first-order valence-corrected chi connectivity index (χ1v) is 11.3. The van der Waals surface area contributed by atoms with Gasteiger partial charge in [-0.1, -0.05) is 19.9 Å². The number of unbranched alkanes of at least 4 members (excludes halogenated alkanes) is 1. The number of aromatic nitrogens is 3. The lowest BCUT2D eigenvalue weighted by Crippen LogP contribution is -2.31. The highest BCUT2D eigenvalue weighted by molar-refractivity contribution is 7.94. The van der Waals surface area contributed by atoms with Gasteiger partial charge in [0.2, 0.25) is 0 Å². The summed E-state index contributed by atoms with van der Waals surface area (Å²) >= 11 is 1.40. The minimum absolute atomic E-state index is 0.117. The number of rotatable bonds is 9. The molecule has 0 aliphatic rings. The van der Waals surface area contributed by atoms with Crippen molar-refractivity contribution >= 4 is 34.7 Å². The van der Waals surface area contributed by atoms with Gasteiger partial charge in [0.15, 0.2) is 0 Å². The summed E-state index contributed by atoms with van der Waals surface area (Å²) in [5, 5.41) is 10.8. The summed E-state index contributed by atoms with van der Waals surface area (Å²) < 4.78 is 9.64. The van der Waals surface area contributed by atoms with Crippen LogP contribution in [0.4, 0.5) is 5.69 Å². The summed E-state index contributed by atoms with van der Waals surface area (Å²) in [5.74, 6) is -0.0259. The third kappa shape index (κ3) is 3.70. The van der Waals surface area contributed by atoms with Crippen LogP contribution in [0.5, 0.6) is 5.75 Å². The molecule has 0 bridgehead atoms. The molecular weight excluding hydrogens is 412 g/mol. The van der Waals surface area contributed by atoms with Crippen LogP contribution in [0, 0.1) is 6.92 Å². The van der Waals surface area contributed by atoms with Gasteiger partial charge in [-0.05, 0) is 57.0 Å². The Morgan fingerprint density at radius 3 is 2.61 bits per heavy atom. The van der Waals surface area contributed by atoms with E-state index in [2.05, 4.69) is 25.6 Å². The van der Waals surface area contributed by atoms with E-state index in [1.807, 2.05) is 40.0 Å². The van der Waals surface area contributed by atoms with Crippen molar-refractivity contribution in [1.82, 2.24) is 14.1 Å². The normalized spacial score (nSPS) is 11.7. The average molecular weight is 441 g/mol. The van der Waals surface area contributed by atoms with Crippen LogP contribution in [-0.2, 0) is 8.98 Å². The zero-order valence-electron chi connectivity index (χ0n) is 18.4. The Morgan fingerprint density at radius 2 is 1.94 bits per heavy atom. The second kappa shape index (κ2) is 8.36. The van der Waals surface area contributed by atoms with E-state index in [4.69, 9.17) is 4.18 Å². The molecule has 0 spiro atoms. The number of aryl methyl sites for hydroxylation is 1. The van der Waals surface area contributed by atoms with E-state index in [-0.39, 0.29) is 11.7 Å². The largest absolute Gasteiger partial charge is 0.506 e. The molecule has 164 valence electrons. The summed E-state index contributed by atoms with van der Waals surface area (Å²) in [5.41, 5.74) is 4.88. The molecule has 4 aromatic rings. The molecule has 2 aromatic carbocycles. The number of nitrogens with zero attached hydrogens (tertiary/aromatic N) is 4. The lowest BCUT2D eigenvalue weighted by atomic mass is 10.1. The predicted molar refractivity (Wildman–Crippen MR) is 125 cm³/mol. The molecule has 8 heteroatoms. The Kier molecular flexibility index (Phi) is 5.77. The fourth-order valence-electron chi connectivity index (χ4n) is 3.67. The first kappa shape index (κ1) is 21.4. The van der Waals surface area contributed by atoms with Gasteiger partial charge in [-0.25, -0.2) is 0 Å². The van der Waals surface area contributed by atoms with Crippen molar-refractivity contribution in [2.45, 2.75) is 45.4 Å². The fraction of sp³-hybridized carbons (Fsp3) is 0.348. The summed E-state index contributed by atoms with van der Waals surface area (Å²) in [4.78, 5) is 17.1. The molecule has 0 aliphatic carbocycles. The van der Waals surface area contributed by atoms with Crippen LogP contribution in [0.1, 0.15) is 39.2 Å². The molecule has 4 rings (SSSR count). The SMILES string of the molecule is C=C(C)C(=O)N(CC)c1cc(O)c(-n2n3c4ccc(SOCCCC)cc4n23)cc1C. The smallest absolute Gasteiger partial charge is 0.253 e. The third-order valence-corrected chi connectivity index (χ3v) is 6.08. The highest BCUT2D eigenvalue weighted by atomic mass is 32.2. The van der Waals surface area contributed by atoms with Crippen molar-refractivity contribution in [3.63, 3.8) is 0 Å². The fourth-order valence-corrected chi connectivity index (χ4v) is 4.29. The van der Waals surface area contributed by atoms with Crippen molar-refractivity contribution in [3.05, 3.63) is 48.0 Å². The number of phenols is 1. The Morgan fingerprint density at radius 1 is 1.19 bits per heavy atom. The molecule has 7 nitrogen and oxygen atoms in total. The zero-order valence-corrected chi connectivity index (χ0v) is 19.2.